The Hall–Kier alpha value is -2.89. The lowest BCUT2D eigenvalue weighted by Crippen LogP contribution is -2.37. The first-order valence-corrected chi connectivity index (χ1v) is 8.52. The molecule has 2 N–H and O–H groups in total. The predicted octanol–water partition coefficient (Wildman–Crippen LogP) is 2.80. The number of carbonyl (C=O) groups is 1. The molecule has 0 unspecified atom stereocenters. The number of methoxy groups -OCH3 is 3. The molecule has 0 saturated heterocycles. The van der Waals surface area contributed by atoms with Crippen LogP contribution in [0.25, 0.3) is 0 Å². The van der Waals surface area contributed by atoms with Gasteiger partial charge in [0.05, 0.1) is 21.3 Å². The highest BCUT2D eigenvalue weighted by atomic mass is 16.5. The second-order valence-corrected chi connectivity index (χ2v) is 5.68. The van der Waals surface area contributed by atoms with E-state index in [9.17, 15) is 4.79 Å². The van der Waals surface area contributed by atoms with Gasteiger partial charge in [0.25, 0.3) is 0 Å². The van der Waals surface area contributed by atoms with Crippen molar-refractivity contribution >= 4 is 6.03 Å². The monoisotopic (exact) mass is 358 g/mol. The maximum atomic E-state index is 11.9. The molecular formula is C20H26N2O4. The predicted molar refractivity (Wildman–Crippen MR) is 101 cm³/mol. The van der Waals surface area contributed by atoms with Gasteiger partial charge in [-0.2, -0.15) is 0 Å². The lowest BCUT2D eigenvalue weighted by molar-refractivity contribution is 0.241. The number of benzene rings is 2. The molecule has 0 fully saturated rings. The van der Waals surface area contributed by atoms with Crippen LogP contribution in [-0.2, 0) is 12.8 Å². The highest BCUT2D eigenvalue weighted by molar-refractivity contribution is 5.73. The second-order valence-electron chi connectivity index (χ2n) is 5.68. The summed E-state index contributed by atoms with van der Waals surface area (Å²) in [6.07, 6.45) is 1.42. The average molecular weight is 358 g/mol. The van der Waals surface area contributed by atoms with Crippen LogP contribution in [0.15, 0.2) is 42.5 Å². The molecule has 2 aromatic rings. The van der Waals surface area contributed by atoms with E-state index in [-0.39, 0.29) is 6.03 Å². The molecule has 0 aliphatic carbocycles. The van der Waals surface area contributed by atoms with Gasteiger partial charge in [-0.3, -0.25) is 0 Å². The number of carbonyl (C=O) groups excluding carboxylic acids is 1. The summed E-state index contributed by atoms with van der Waals surface area (Å²) < 4.78 is 15.8. The van der Waals surface area contributed by atoms with E-state index >= 15 is 0 Å². The zero-order valence-corrected chi connectivity index (χ0v) is 15.5. The lowest BCUT2D eigenvalue weighted by atomic mass is 10.1. The molecular weight excluding hydrogens is 332 g/mol. The molecule has 2 amide bonds. The molecule has 0 heterocycles. The smallest absolute Gasteiger partial charge is 0.314 e. The van der Waals surface area contributed by atoms with Crippen LogP contribution in [-0.4, -0.2) is 40.5 Å². The number of rotatable bonds is 9. The Morgan fingerprint density at radius 1 is 0.808 bits per heavy atom. The van der Waals surface area contributed by atoms with Gasteiger partial charge in [-0.05, 0) is 42.2 Å². The van der Waals surface area contributed by atoms with Crippen LogP contribution in [0.5, 0.6) is 17.2 Å². The van der Waals surface area contributed by atoms with Crippen molar-refractivity contribution in [3.8, 4) is 17.2 Å². The minimum Gasteiger partial charge on any atom is -0.496 e. The van der Waals surface area contributed by atoms with Gasteiger partial charge in [-0.25, -0.2) is 4.79 Å². The number of hydrogen-bond donors (Lipinski definition) is 2. The zero-order valence-electron chi connectivity index (χ0n) is 15.5. The third kappa shape index (κ3) is 5.58. The highest BCUT2D eigenvalue weighted by Gasteiger charge is 2.06. The molecule has 2 rings (SSSR count). The average Bonchev–Trinajstić information content (AvgIpc) is 2.68. The minimum atomic E-state index is -0.180. The number of nitrogens with one attached hydrogen (secondary N) is 2. The summed E-state index contributed by atoms with van der Waals surface area (Å²) >= 11 is 0. The molecule has 0 atom stereocenters. The molecule has 140 valence electrons. The maximum absolute atomic E-state index is 11.9. The van der Waals surface area contributed by atoms with Crippen molar-refractivity contribution in [3.05, 3.63) is 53.6 Å². The van der Waals surface area contributed by atoms with Crippen molar-refractivity contribution in [2.24, 2.45) is 0 Å². The van der Waals surface area contributed by atoms with E-state index in [4.69, 9.17) is 14.2 Å². The lowest BCUT2D eigenvalue weighted by Gasteiger charge is -2.11. The van der Waals surface area contributed by atoms with Crippen LogP contribution < -0.4 is 24.8 Å². The Labute approximate surface area is 154 Å². The molecule has 2 aromatic carbocycles. The van der Waals surface area contributed by atoms with E-state index in [2.05, 4.69) is 10.6 Å². The molecule has 0 aliphatic rings. The van der Waals surface area contributed by atoms with E-state index in [1.165, 1.54) is 0 Å². The summed E-state index contributed by atoms with van der Waals surface area (Å²) in [5.74, 6) is 2.22. The van der Waals surface area contributed by atoms with Crippen molar-refractivity contribution in [3.63, 3.8) is 0 Å². The molecule has 0 saturated carbocycles. The van der Waals surface area contributed by atoms with Crippen LogP contribution in [0.3, 0.4) is 0 Å². The van der Waals surface area contributed by atoms with Crippen molar-refractivity contribution in [2.75, 3.05) is 34.4 Å². The van der Waals surface area contributed by atoms with Crippen LogP contribution in [0, 0.1) is 0 Å². The summed E-state index contributed by atoms with van der Waals surface area (Å²) in [6, 6.07) is 13.4. The minimum absolute atomic E-state index is 0.180. The number of hydrogen-bond acceptors (Lipinski definition) is 4. The fraction of sp³-hybridized carbons (Fsp3) is 0.350. The van der Waals surface area contributed by atoms with Gasteiger partial charge in [0.1, 0.15) is 5.75 Å². The fourth-order valence-corrected chi connectivity index (χ4v) is 2.64. The zero-order chi connectivity index (χ0) is 18.8. The van der Waals surface area contributed by atoms with E-state index in [1.807, 2.05) is 42.5 Å². The molecule has 0 aliphatic heterocycles. The van der Waals surface area contributed by atoms with Crippen LogP contribution >= 0.6 is 0 Å². The van der Waals surface area contributed by atoms with Crippen molar-refractivity contribution in [1.82, 2.24) is 10.6 Å². The second kappa shape index (κ2) is 10.2. The van der Waals surface area contributed by atoms with Crippen molar-refractivity contribution < 1.29 is 19.0 Å². The highest BCUT2D eigenvalue weighted by Crippen LogP contribution is 2.27. The van der Waals surface area contributed by atoms with E-state index < -0.39 is 0 Å². The van der Waals surface area contributed by atoms with E-state index in [1.54, 1.807) is 21.3 Å². The third-order valence-corrected chi connectivity index (χ3v) is 4.02. The first-order chi connectivity index (χ1) is 12.7. The summed E-state index contributed by atoms with van der Waals surface area (Å²) in [7, 11) is 4.86. The first kappa shape index (κ1) is 19.4. The number of ether oxygens (including phenoxy) is 3. The fourth-order valence-electron chi connectivity index (χ4n) is 2.64. The summed E-state index contributed by atoms with van der Waals surface area (Å²) in [5.41, 5.74) is 2.14. The van der Waals surface area contributed by atoms with Gasteiger partial charge in [-0.1, -0.05) is 24.3 Å². The summed E-state index contributed by atoms with van der Waals surface area (Å²) in [5, 5.41) is 5.72. The number of urea groups is 1. The molecule has 26 heavy (non-hydrogen) atoms. The van der Waals surface area contributed by atoms with Crippen LogP contribution in [0.4, 0.5) is 4.79 Å². The summed E-state index contributed by atoms with van der Waals surface area (Å²) in [4.78, 5) is 11.9. The molecule has 6 heteroatoms. The molecule has 0 bridgehead atoms. The Balaban J connectivity index is 1.72. The van der Waals surface area contributed by atoms with Gasteiger partial charge in [-0.15, -0.1) is 0 Å². The maximum Gasteiger partial charge on any atom is 0.314 e. The van der Waals surface area contributed by atoms with Gasteiger partial charge >= 0.3 is 6.03 Å². The van der Waals surface area contributed by atoms with Crippen molar-refractivity contribution in [1.29, 1.82) is 0 Å². The Kier molecular flexibility index (Phi) is 7.61. The van der Waals surface area contributed by atoms with Gasteiger partial charge in [0.2, 0.25) is 0 Å². The molecule has 0 aromatic heterocycles. The summed E-state index contributed by atoms with van der Waals surface area (Å²) in [6.45, 7) is 1.08. The van der Waals surface area contributed by atoms with Gasteiger partial charge in [0, 0.05) is 13.1 Å². The Bertz CT molecular complexity index is 719. The SMILES string of the molecule is COc1ccccc1CCNC(=O)NCCc1ccc(OC)c(OC)c1. The molecule has 0 spiro atoms. The third-order valence-electron chi connectivity index (χ3n) is 4.02. The largest absolute Gasteiger partial charge is 0.496 e. The normalized spacial score (nSPS) is 10.1. The van der Waals surface area contributed by atoms with E-state index in [0.717, 1.165) is 16.9 Å². The Morgan fingerprint density at radius 2 is 1.46 bits per heavy atom. The Morgan fingerprint density at radius 3 is 2.15 bits per heavy atom. The van der Waals surface area contributed by atoms with Crippen LogP contribution in [0.2, 0.25) is 0 Å². The number of para-hydroxylation sites is 1. The number of amides is 2. The van der Waals surface area contributed by atoms with Crippen LogP contribution in [0.1, 0.15) is 11.1 Å². The van der Waals surface area contributed by atoms with E-state index in [0.29, 0.717) is 37.4 Å². The van der Waals surface area contributed by atoms with Gasteiger partial charge in [0.15, 0.2) is 11.5 Å². The van der Waals surface area contributed by atoms with Gasteiger partial charge < -0.3 is 24.8 Å². The van der Waals surface area contributed by atoms with Crippen molar-refractivity contribution in [2.45, 2.75) is 12.8 Å². The quantitative estimate of drug-likeness (QED) is 0.723. The first-order valence-electron chi connectivity index (χ1n) is 8.52. The standard InChI is InChI=1S/C20H26N2O4/c1-24-17-7-5-4-6-16(17)11-13-22-20(23)21-12-10-15-8-9-18(25-2)19(14-15)26-3/h4-9,14H,10-13H2,1-3H3,(H2,21,22,23). The molecule has 0 radical (unpaired) electrons. The molecule has 6 nitrogen and oxygen atoms in total. The topological polar surface area (TPSA) is 68.8 Å².